The van der Waals surface area contributed by atoms with E-state index in [1.54, 1.807) is 9.80 Å². The topological polar surface area (TPSA) is 53.8 Å². The maximum Gasteiger partial charge on any atom is 0.246 e. The summed E-state index contributed by atoms with van der Waals surface area (Å²) in [6.07, 6.45) is 1.57. The van der Waals surface area contributed by atoms with Crippen LogP contribution in [-0.4, -0.2) is 34.2 Å². The number of rotatable bonds is 5. The number of fused-ring (bicyclic) bond motifs is 1. The van der Waals surface area contributed by atoms with Gasteiger partial charge in [0.2, 0.25) is 11.8 Å². The van der Waals surface area contributed by atoms with Crippen molar-refractivity contribution >= 4 is 22.8 Å². The Labute approximate surface area is 164 Å². The standard InChI is InChI=1S/C23H24N2O3/c1-17(26)25-13-7-11-21(25)23(27)24(15-18-8-3-2-4-9-18)16-20-14-19-10-5-6-12-22(19)28-20/h2-6,8-10,12,14,21H,7,11,13,15-16H2,1H3/t21-/m0/s1. The van der Waals surface area contributed by atoms with Crippen molar-refractivity contribution in [3.8, 4) is 0 Å². The zero-order chi connectivity index (χ0) is 19.5. The van der Waals surface area contributed by atoms with Crippen LogP contribution < -0.4 is 0 Å². The van der Waals surface area contributed by atoms with Crippen LogP contribution in [0.25, 0.3) is 11.0 Å². The lowest BCUT2D eigenvalue weighted by molar-refractivity contribution is -0.143. The molecule has 1 saturated heterocycles. The van der Waals surface area contributed by atoms with Crippen LogP contribution in [0, 0.1) is 0 Å². The summed E-state index contributed by atoms with van der Waals surface area (Å²) in [6.45, 7) is 3.05. The van der Waals surface area contributed by atoms with E-state index in [2.05, 4.69) is 0 Å². The summed E-state index contributed by atoms with van der Waals surface area (Å²) in [5, 5.41) is 1.02. The van der Waals surface area contributed by atoms with Gasteiger partial charge < -0.3 is 14.2 Å². The van der Waals surface area contributed by atoms with Crippen LogP contribution >= 0.6 is 0 Å². The van der Waals surface area contributed by atoms with Gasteiger partial charge in [0.25, 0.3) is 0 Å². The third-order valence-corrected chi connectivity index (χ3v) is 5.29. The number of furan rings is 1. The molecule has 0 bridgehead atoms. The molecule has 2 aromatic carbocycles. The molecular weight excluding hydrogens is 352 g/mol. The Bertz CT molecular complexity index is 947. The maximum atomic E-state index is 13.4. The molecule has 1 atom stereocenters. The third kappa shape index (κ3) is 3.79. The van der Waals surface area contributed by atoms with Crippen LogP contribution in [0.1, 0.15) is 31.1 Å². The number of amides is 2. The van der Waals surface area contributed by atoms with E-state index in [9.17, 15) is 9.59 Å². The molecular formula is C23H24N2O3. The Balaban J connectivity index is 1.61. The summed E-state index contributed by atoms with van der Waals surface area (Å²) in [5.41, 5.74) is 1.87. The second kappa shape index (κ2) is 7.89. The number of hydrogen-bond acceptors (Lipinski definition) is 3. The second-order valence-electron chi connectivity index (χ2n) is 7.30. The molecule has 0 spiro atoms. The molecule has 1 aliphatic rings. The first-order valence-electron chi connectivity index (χ1n) is 9.69. The average molecular weight is 376 g/mol. The predicted octanol–water partition coefficient (Wildman–Crippen LogP) is 3.97. The Kier molecular flexibility index (Phi) is 5.15. The van der Waals surface area contributed by atoms with Crippen LogP contribution in [0.15, 0.2) is 65.1 Å². The van der Waals surface area contributed by atoms with Gasteiger partial charge in [0.1, 0.15) is 17.4 Å². The number of nitrogens with zero attached hydrogens (tertiary/aromatic N) is 2. The van der Waals surface area contributed by atoms with Crippen molar-refractivity contribution in [1.29, 1.82) is 0 Å². The molecule has 0 N–H and O–H groups in total. The first-order valence-corrected chi connectivity index (χ1v) is 9.69. The van der Waals surface area contributed by atoms with E-state index in [1.807, 2.05) is 60.7 Å². The van der Waals surface area contributed by atoms with Gasteiger partial charge in [-0.05, 0) is 30.5 Å². The molecule has 0 unspecified atom stereocenters. The zero-order valence-corrected chi connectivity index (χ0v) is 16.0. The Morgan fingerprint density at radius 3 is 2.57 bits per heavy atom. The van der Waals surface area contributed by atoms with Gasteiger partial charge in [-0.15, -0.1) is 0 Å². The molecule has 3 aromatic rings. The van der Waals surface area contributed by atoms with Crippen LogP contribution in [0.4, 0.5) is 0 Å². The molecule has 5 nitrogen and oxygen atoms in total. The van der Waals surface area contributed by atoms with Crippen LogP contribution in [0.5, 0.6) is 0 Å². The largest absolute Gasteiger partial charge is 0.459 e. The molecule has 1 aromatic heterocycles. The van der Waals surface area contributed by atoms with Gasteiger partial charge in [0, 0.05) is 25.4 Å². The third-order valence-electron chi connectivity index (χ3n) is 5.29. The predicted molar refractivity (Wildman–Crippen MR) is 107 cm³/mol. The lowest BCUT2D eigenvalue weighted by Crippen LogP contribution is -2.46. The lowest BCUT2D eigenvalue weighted by atomic mass is 10.1. The molecule has 2 heterocycles. The summed E-state index contributed by atoms with van der Waals surface area (Å²) in [6, 6.07) is 19.4. The van der Waals surface area contributed by atoms with E-state index in [0.717, 1.165) is 28.7 Å². The number of benzene rings is 2. The van der Waals surface area contributed by atoms with Crippen LogP contribution in [-0.2, 0) is 22.7 Å². The van der Waals surface area contributed by atoms with Crippen molar-refractivity contribution in [2.45, 2.75) is 38.9 Å². The summed E-state index contributed by atoms with van der Waals surface area (Å²) in [7, 11) is 0. The highest BCUT2D eigenvalue weighted by atomic mass is 16.3. The second-order valence-corrected chi connectivity index (χ2v) is 7.30. The molecule has 28 heavy (non-hydrogen) atoms. The van der Waals surface area contributed by atoms with E-state index in [0.29, 0.717) is 26.1 Å². The molecule has 1 fully saturated rings. The Hall–Kier alpha value is -3.08. The molecule has 5 heteroatoms. The summed E-state index contributed by atoms with van der Waals surface area (Å²) in [4.78, 5) is 28.8. The van der Waals surface area contributed by atoms with Gasteiger partial charge in [0.05, 0.1) is 6.54 Å². The van der Waals surface area contributed by atoms with Crippen molar-refractivity contribution in [3.63, 3.8) is 0 Å². The zero-order valence-electron chi connectivity index (χ0n) is 16.0. The highest BCUT2D eigenvalue weighted by Gasteiger charge is 2.35. The SMILES string of the molecule is CC(=O)N1CCC[C@H]1C(=O)N(Cc1ccccc1)Cc1cc2ccccc2o1. The number of likely N-dealkylation sites (tertiary alicyclic amines) is 1. The Morgan fingerprint density at radius 2 is 1.82 bits per heavy atom. The number of hydrogen-bond donors (Lipinski definition) is 0. The number of para-hydroxylation sites is 1. The van der Waals surface area contributed by atoms with Gasteiger partial charge >= 0.3 is 0 Å². The maximum absolute atomic E-state index is 13.4. The minimum atomic E-state index is -0.384. The van der Waals surface area contributed by atoms with E-state index >= 15 is 0 Å². The molecule has 0 radical (unpaired) electrons. The van der Waals surface area contributed by atoms with E-state index in [4.69, 9.17) is 4.42 Å². The molecule has 1 aliphatic heterocycles. The minimum absolute atomic E-state index is 0.0167. The van der Waals surface area contributed by atoms with Crippen LogP contribution in [0.2, 0.25) is 0 Å². The monoisotopic (exact) mass is 376 g/mol. The van der Waals surface area contributed by atoms with Gasteiger partial charge in [-0.1, -0.05) is 48.5 Å². The highest BCUT2D eigenvalue weighted by Crippen LogP contribution is 2.24. The van der Waals surface area contributed by atoms with Crippen LogP contribution in [0.3, 0.4) is 0 Å². The average Bonchev–Trinajstić information content (AvgIpc) is 3.34. The van der Waals surface area contributed by atoms with E-state index in [1.165, 1.54) is 6.92 Å². The molecule has 144 valence electrons. The van der Waals surface area contributed by atoms with E-state index < -0.39 is 0 Å². The van der Waals surface area contributed by atoms with Gasteiger partial charge in [-0.3, -0.25) is 9.59 Å². The molecule has 2 amide bonds. The van der Waals surface area contributed by atoms with Crippen molar-refractivity contribution < 1.29 is 14.0 Å². The lowest BCUT2D eigenvalue weighted by Gasteiger charge is -2.29. The minimum Gasteiger partial charge on any atom is -0.459 e. The smallest absolute Gasteiger partial charge is 0.246 e. The fourth-order valence-corrected chi connectivity index (χ4v) is 3.93. The van der Waals surface area contributed by atoms with Gasteiger partial charge in [-0.2, -0.15) is 0 Å². The molecule has 0 saturated carbocycles. The first-order chi connectivity index (χ1) is 13.6. The van der Waals surface area contributed by atoms with Crippen molar-refractivity contribution in [3.05, 3.63) is 72.0 Å². The molecule has 4 rings (SSSR count). The Morgan fingerprint density at radius 1 is 1.07 bits per heavy atom. The first kappa shape index (κ1) is 18.3. The normalized spacial score (nSPS) is 16.5. The van der Waals surface area contributed by atoms with Crippen molar-refractivity contribution in [2.75, 3.05) is 6.54 Å². The fraction of sp³-hybridized carbons (Fsp3) is 0.304. The van der Waals surface area contributed by atoms with Crippen molar-refractivity contribution in [1.82, 2.24) is 9.80 Å². The quantitative estimate of drug-likeness (QED) is 0.677. The molecule has 0 aliphatic carbocycles. The summed E-state index contributed by atoms with van der Waals surface area (Å²) >= 11 is 0. The highest BCUT2D eigenvalue weighted by molar-refractivity contribution is 5.87. The van der Waals surface area contributed by atoms with Gasteiger partial charge in [-0.25, -0.2) is 0 Å². The summed E-state index contributed by atoms with van der Waals surface area (Å²) < 4.78 is 5.95. The van der Waals surface area contributed by atoms with Crippen molar-refractivity contribution in [2.24, 2.45) is 0 Å². The summed E-state index contributed by atoms with van der Waals surface area (Å²) in [5.74, 6) is 0.689. The number of carbonyl (C=O) groups is 2. The fourth-order valence-electron chi connectivity index (χ4n) is 3.93. The van der Waals surface area contributed by atoms with E-state index in [-0.39, 0.29) is 17.9 Å². The number of carbonyl (C=O) groups excluding carboxylic acids is 2. The van der Waals surface area contributed by atoms with Gasteiger partial charge in [0.15, 0.2) is 0 Å².